The number of aryl methyl sites for hydroxylation is 2. The summed E-state index contributed by atoms with van der Waals surface area (Å²) in [5.41, 5.74) is 4.57. The van der Waals surface area contributed by atoms with E-state index in [1.807, 2.05) is 13.8 Å². The summed E-state index contributed by atoms with van der Waals surface area (Å²) in [7, 11) is 0. The van der Waals surface area contributed by atoms with E-state index < -0.39 is 0 Å². The number of nitrogens with zero attached hydrogens (tertiary/aromatic N) is 3. The lowest BCUT2D eigenvalue weighted by molar-refractivity contribution is 0.392. The molecule has 1 aliphatic rings. The van der Waals surface area contributed by atoms with Gasteiger partial charge in [-0.25, -0.2) is 9.97 Å². The minimum absolute atomic E-state index is 0.819. The van der Waals surface area contributed by atoms with Gasteiger partial charge in [0.15, 0.2) is 0 Å². The number of rotatable bonds is 4. The van der Waals surface area contributed by atoms with Gasteiger partial charge in [-0.1, -0.05) is 5.16 Å². The Hall–Kier alpha value is -1.95. The molecule has 0 unspecified atom stereocenters. The van der Waals surface area contributed by atoms with Crippen molar-refractivity contribution in [3.8, 4) is 0 Å². The monoisotopic (exact) mass is 287 g/mol. The van der Waals surface area contributed by atoms with Crippen LogP contribution in [0.1, 0.15) is 28.3 Å². The van der Waals surface area contributed by atoms with E-state index in [4.69, 9.17) is 4.52 Å². The molecule has 6 heteroatoms. The first-order chi connectivity index (χ1) is 10.3. The quantitative estimate of drug-likeness (QED) is 0.886. The maximum Gasteiger partial charge on any atom is 0.137 e. The molecule has 0 bridgehead atoms. The minimum atomic E-state index is 0.819. The first kappa shape index (κ1) is 14.0. The molecule has 0 atom stereocenters. The number of fused-ring (bicyclic) bond motifs is 1. The van der Waals surface area contributed by atoms with Gasteiger partial charge in [0.05, 0.1) is 11.4 Å². The van der Waals surface area contributed by atoms with Crippen molar-refractivity contribution in [1.29, 1.82) is 0 Å². The molecule has 6 nitrogen and oxygen atoms in total. The average Bonchev–Trinajstić information content (AvgIpc) is 2.70. The van der Waals surface area contributed by atoms with Crippen LogP contribution < -0.4 is 10.6 Å². The van der Waals surface area contributed by atoms with Crippen LogP contribution in [-0.2, 0) is 19.3 Å². The first-order valence-electron chi connectivity index (χ1n) is 7.45. The lowest BCUT2D eigenvalue weighted by atomic mass is 10.1. The zero-order valence-corrected chi connectivity index (χ0v) is 12.6. The van der Waals surface area contributed by atoms with Crippen LogP contribution >= 0.6 is 0 Å². The molecule has 21 heavy (non-hydrogen) atoms. The number of hydrogen-bond acceptors (Lipinski definition) is 6. The Bertz CT molecular complexity index is 603. The fourth-order valence-electron chi connectivity index (χ4n) is 2.79. The third-order valence-corrected chi connectivity index (χ3v) is 3.97. The molecule has 0 saturated carbocycles. The Morgan fingerprint density at radius 1 is 1.24 bits per heavy atom. The predicted molar refractivity (Wildman–Crippen MR) is 80.5 cm³/mol. The maximum atomic E-state index is 5.19. The second-order valence-corrected chi connectivity index (χ2v) is 5.38. The Balaban J connectivity index is 1.68. The summed E-state index contributed by atoms with van der Waals surface area (Å²) in [5, 5.41) is 10.8. The molecule has 0 saturated heterocycles. The van der Waals surface area contributed by atoms with E-state index in [0.717, 1.165) is 61.9 Å². The van der Waals surface area contributed by atoms with E-state index in [1.54, 1.807) is 6.33 Å². The molecule has 3 heterocycles. The highest BCUT2D eigenvalue weighted by Gasteiger charge is 2.14. The van der Waals surface area contributed by atoms with E-state index in [1.165, 1.54) is 11.1 Å². The molecular formula is C15H21N5O. The molecule has 3 rings (SSSR count). The number of hydrogen-bond donors (Lipinski definition) is 2. The number of nitrogens with one attached hydrogen (secondary N) is 2. The van der Waals surface area contributed by atoms with Gasteiger partial charge < -0.3 is 15.2 Å². The summed E-state index contributed by atoms with van der Waals surface area (Å²) < 4.78 is 5.19. The number of aromatic nitrogens is 3. The maximum absolute atomic E-state index is 5.19. The molecule has 0 fully saturated rings. The Labute approximate surface area is 124 Å². The lowest BCUT2D eigenvalue weighted by Crippen LogP contribution is -2.16. The number of anilines is 1. The molecule has 2 aromatic rings. The van der Waals surface area contributed by atoms with E-state index in [9.17, 15) is 0 Å². The van der Waals surface area contributed by atoms with Crippen molar-refractivity contribution in [1.82, 2.24) is 20.4 Å². The molecule has 2 aromatic heterocycles. The van der Waals surface area contributed by atoms with Crippen molar-refractivity contribution < 1.29 is 4.52 Å². The molecule has 0 aromatic carbocycles. The van der Waals surface area contributed by atoms with Crippen LogP contribution in [0.4, 0.5) is 5.82 Å². The van der Waals surface area contributed by atoms with E-state index in [2.05, 4.69) is 25.8 Å². The summed E-state index contributed by atoms with van der Waals surface area (Å²) in [5.74, 6) is 1.87. The van der Waals surface area contributed by atoms with E-state index in [0.29, 0.717) is 0 Å². The zero-order valence-electron chi connectivity index (χ0n) is 12.6. The van der Waals surface area contributed by atoms with Gasteiger partial charge in [-0.15, -0.1) is 0 Å². The van der Waals surface area contributed by atoms with E-state index in [-0.39, 0.29) is 0 Å². The normalized spacial score (nSPS) is 14.6. The van der Waals surface area contributed by atoms with Crippen molar-refractivity contribution in [2.75, 3.05) is 25.0 Å². The second-order valence-electron chi connectivity index (χ2n) is 5.38. The third-order valence-electron chi connectivity index (χ3n) is 3.97. The smallest absolute Gasteiger partial charge is 0.137 e. The van der Waals surface area contributed by atoms with Gasteiger partial charge in [-0.2, -0.15) is 0 Å². The van der Waals surface area contributed by atoms with Crippen molar-refractivity contribution in [2.24, 2.45) is 0 Å². The standard InChI is InChI=1S/C15H21N5O/c1-10-12(11(2)21-20-10)4-8-17-15-13-3-6-16-7-5-14(13)18-9-19-15/h9,16H,3-8H2,1-2H3,(H,17,18,19). The highest BCUT2D eigenvalue weighted by Crippen LogP contribution is 2.19. The molecule has 0 amide bonds. The minimum Gasteiger partial charge on any atom is -0.369 e. The highest BCUT2D eigenvalue weighted by molar-refractivity contribution is 5.47. The summed E-state index contributed by atoms with van der Waals surface area (Å²) in [6.45, 7) is 6.73. The Morgan fingerprint density at radius 3 is 2.90 bits per heavy atom. The lowest BCUT2D eigenvalue weighted by Gasteiger charge is -2.12. The molecule has 112 valence electrons. The van der Waals surface area contributed by atoms with Crippen LogP contribution in [0.25, 0.3) is 0 Å². The van der Waals surface area contributed by atoms with Gasteiger partial charge in [0.1, 0.15) is 17.9 Å². The molecule has 0 spiro atoms. The van der Waals surface area contributed by atoms with Gasteiger partial charge in [0, 0.05) is 30.6 Å². The van der Waals surface area contributed by atoms with Gasteiger partial charge in [-0.05, 0) is 33.2 Å². The van der Waals surface area contributed by atoms with Crippen LogP contribution in [-0.4, -0.2) is 34.8 Å². The molecule has 0 aliphatic carbocycles. The molecule has 2 N–H and O–H groups in total. The Morgan fingerprint density at radius 2 is 2.10 bits per heavy atom. The molecule has 1 aliphatic heterocycles. The largest absolute Gasteiger partial charge is 0.369 e. The van der Waals surface area contributed by atoms with Crippen LogP contribution in [0, 0.1) is 13.8 Å². The van der Waals surface area contributed by atoms with Crippen LogP contribution in [0.15, 0.2) is 10.9 Å². The molecule has 0 radical (unpaired) electrons. The van der Waals surface area contributed by atoms with Crippen molar-refractivity contribution in [3.05, 3.63) is 34.6 Å². The third kappa shape index (κ3) is 3.05. The summed E-state index contributed by atoms with van der Waals surface area (Å²) >= 11 is 0. The van der Waals surface area contributed by atoms with E-state index >= 15 is 0 Å². The summed E-state index contributed by atoms with van der Waals surface area (Å²) in [4.78, 5) is 8.82. The van der Waals surface area contributed by atoms with Crippen molar-refractivity contribution >= 4 is 5.82 Å². The predicted octanol–water partition coefficient (Wildman–Crippen LogP) is 1.42. The fourth-order valence-corrected chi connectivity index (χ4v) is 2.79. The summed E-state index contributed by atoms with van der Waals surface area (Å²) in [6.07, 6.45) is 4.49. The van der Waals surface area contributed by atoms with Crippen LogP contribution in [0.5, 0.6) is 0 Å². The second kappa shape index (κ2) is 6.22. The first-order valence-corrected chi connectivity index (χ1v) is 7.45. The molecular weight excluding hydrogens is 266 g/mol. The van der Waals surface area contributed by atoms with Gasteiger partial charge >= 0.3 is 0 Å². The SMILES string of the molecule is Cc1noc(C)c1CCNc1ncnc2c1CCNCC2. The highest BCUT2D eigenvalue weighted by atomic mass is 16.5. The van der Waals surface area contributed by atoms with Crippen LogP contribution in [0.2, 0.25) is 0 Å². The van der Waals surface area contributed by atoms with Crippen molar-refractivity contribution in [2.45, 2.75) is 33.1 Å². The van der Waals surface area contributed by atoms with Gasteiger partial charge in [-0.3, -0.25) is 0 Å². The topological polar surface area (TPSA) is 75.9 Å². The van der Waals surface area contributed by atoms with Gasteiger partial charge in [0.25, 0.3) is 0 Å². The zero-order chi connectivity index (χ0) is 14.7. The van der Waals surface area contributed by atoms with Gasteiger partial charge in [0.2, 0.25) is 0 Å². The Kier molecular flexibility index (Phi) is 4.15. The van der Waals surface area contributed by atoms with Crippen LogP contribution in [0.3, 0.4) is 0 Å². The van der Waals surface area contributed by atoms with Crippen molar-refractivity contribution in [3.63, 3.8) is 0 Å². The fraction of sp³-hybridized carbons (Fsp3) is 0.533. The summed E-state index contributed by atoms with van der Waals surface area (Å²) in [6, 6.07) is 0. The average molecular weight is 287 g/mol.